The molecule has 2 N–H and O–H groups in total. The summed E-state index contributed by atoms with van der Waals surface area (Å²) >= 11 is 0. The van der Waals surface area contributed by atoms with Crippen molar-refractivity contribution in [1.82, 2.24) is 24.9 Å². The molecule has 1 aromatic heterocycles. The van der Waals surface area contributed by atoms with Crippen LogP contribution in [0, 0.1) is 5.92 Å². The summed E-state index contributed by atoms with van der Waals surface area (Å²) in [5.74, 6) is 0.111. The van der Waals surface area contributed by atoms with E-state index in [-0.39, 0.29) is 24.1 Å². The number of rotatable bonds is 7. The molecule has 3 amide bonds. The second kappa shape index (κ2) is 9.69. The minimum atomic E-state index is -0.603. The number of carbonyl (C=O) groups is 3. The fraction of sp³-hybridized carbons (Fsp3) is 0.556. The Hall–Kier alpha value is -3.20. The quantitative estimate of drug-likeness (QED) is 0.579. The number of imide groups is 1. The number of aromatic nitrogens is 2. The van der Waals surface area contributed by atoms with Crippen molar-refractivity contribution in [3.8, 4) is 0 Å². The number of anilines is 1. The minimum Gasteiger partial charge on any atom is -0.381 e. The lowest BCUT2D eigenvalue weighted by atomic mass is 9.84. The summed E-state index contributed by atoms with van der Waals surface area (Å²) < 4.78 is 2.13. The van der Waals surface area contributed by atoms with Gasteiger partial charge in [-0.3, -0.25) is 24.4 Å². The highest BCUT2D eigenvalue weighted by atomic mass is 16.2. The maximum atomic E-state index is 13.0. The largest absolute Gasteiger partial charge is 0.381 e. The molecule has 3 fully saturated rings. The Kier molecular flexibility index (Phi) is 6.25. The maximum absolute atomic E-state index is 13.0. The molecule has 0 radical (unpaired) electrons. The van der Waals surface area contributed by atoms with Crippen LogP contribution in [0.5, 0.6) is 0 Å². The van der Waals surface area contributed by atoms with Gasteiger partial charge in [0.25, 0.3) is 5.91 Å². The van der Waals surface area contributed by atoms with Crippen LogP contribution in [0.15, 0.2) is 30.6 Å². The zero-order valence-electron chi connectivity index (χ0n) is 20.6. The zero-order chi connectivity index (χ0) is 24.6. The average Bonchev–Trinajstić information content (AvgIpc) is 3.46. The molecule has 1 atom stereocenters. The Balaban J connectivity index is 1.06. The third kappa shape index (κ3) is 4.52. The molecule has 9 nitrogen and oxygen atoms in total. The van der Waals surface area contributed by atoms with Gasteiger partial charge in [-0.1, -0.05) is 12.5 Å². The van der Waals surface area contributed by atoms with Gasteiger partial charge < -0.3 is 15.1 Å². The summed E-state index contributed by atoms with van der Waals surface area (Å²) in [5, 5.41) is 10.5. The summed E-state index contributed by atoms with van der Waals surface area (Å²) in [6.07, 6.45) is 11.2. The van der Waals surface area contributed by atoms with Crippen molar-refractivity contribution in [3.63, 3.8) is 0 Å². The summed E-state index contributed by atoms with van der Waals surface area (Å²) in [6.45, 7) is 4.56. The predicted octanol–water partition coefficient (Wildman–Crippen LogP) is 2.69. The third-order valence-corrected chi connectivity index (χ3v) is 8.39. The van der Waals surface area contributed by atoms with Crippen LogP contribution in [-0.4, -0.2) is 63.0 Å². The molecule has 4 heterocycles. The van der Waals surface area contributed by atoms with Crippen molar-refractivity contribution in [2.45, 2.75) is 70.1 Å². The van der Waals surface area contributed by atoms with E-state index in [1.54, 1.807) is 4.90 Å². The van der Waals surface area contributed by atoms with Gasteiger partial charge in [0.15, 0.2) is 0 Å². The molecule has 1 aromatic carbocycles. The Morgan fingerprint density at radius 2 is 1.89 bits per heavy atom. The molecule has 1 saturated carbocycles. The van der Waals surface area contributed by atoms with Crippen molar-refractivity contribution in [3.05, 3.63) is 47.3 Å². The molecule has 2 aromatic rings. The fourth-order valence-corrected chi connectivity index (χ4v) is 6.02. The molecule has 4 aliphatic rings. The average molecular weight is 491 g/mol. The number of piperidine rings is 2. The number of carbonyl (C=O) groups excluding carboxylic acids is 3. The van der Waals surface area contributed by atoms with E-state index in [0.29, 0.717) is 31.1 Å². The van der Waals surface area contributed by atoms with E-state index in [1.165, 1.54) is 25.8 Å². The number of nitrogens with zero attached hydrogens (tertiary/aromatic N) is 4. The molecular weight excluding hydrogens is 456 g/mol. The lowest BCUT2D eigenvalue weighted by Gasteiger charge is -2.36. The summed E-state index contributed by atoms with van der Waals surface area (Å²) in [7, 11) is 0. The van der Waals surface area contributed by atoms with Crippen LogP contribution in [0.25, 0.3) is 0 Å². The zero-order valence-corrected chi connectivity index (χ0v) is 20.6. The van der Waals surface area contributed by atoms with Crippen LogP contribution in [0.4, 0.5) is 5.69 Å². The molecule has 190 valence electrons. The molecular formula is C27H34N6O3. The van der Waals surface area contributed by atoms with Gasteiger partial charge >= 0.3 is 0 Å². The molecule has 36 heavy (non-hydrogen) atoms. The molecule has 0 spiro atoms. The third-order valence-electron chi connectivity index (χ3n) is 8.39. The van der Waals surface area contributed by atoms with Crippen LogP contribution < -0.4 is 10.6 Å². The number of hydrogen-bond donors (Lipinski definition) is 2. The first-order valence-corrected chi connectivity index (χ1v) is 13.3. The summed E-state index contributed by atoms with van der Waals surface area (Å²) in [4.78, 5) is 41.1. The van der Waals surface area contributed by atoms with E-state index in [9.17, 15) is 14.4 Å². The fourth-order valence-electron chi connectivity index (χ4n) is 6.02. The number of hydrogen-bond acceptors (Lipinski definition) is 6. The Bertz CT molecular complexity index is 1160. The molecule has 3 aliphatic heterocycles. The van der Waals surface area contributed by atoms with Gasteiger partial charge in [0.05, 0.1) is 12.2 Å². The number of benzene rings is 1. The van der Waals surface area contributed by atoms with Gasteiger partial charge in [-0.25, -0.2) is 0 Å². The van der Waals surface area contributed by atoms with Gasteiger partial charge in [-0.15, -0.1) is 0 Å². The summed E-state index contributed by atoms with van der Waals surface area (Å²) in [6, 6.07) is 5.51. The number of likely N-dealkylation sites (tertiary alicyclic amines) is 1. The van der Waals surface area contributed by atoms with Crippen LogP contribution >= 0.6 is 0 Å². The number of fused-ring (bicyclic) bond motifs is 1. The highest BCUT2D eigenvalue weighted by molar-refractivity contribution is 6.06. The molecule has 1 aliphatic carbocycles. The maximum Gasteiger partial charge on any atom is 0.255 e. The van der Waals surface area contributed by atoms with Crippen LogP contribution in [0.2, 0.25) is 0 Å². The second-order valence-corrected chi connectivity index (χ2v) is 10.7. The standard InChI is InChI=1S/C27H34N6O3/c34-25-8-7-24(26(35)30-25)32-17-22-21(27(32)36)5-2-6-23(22)28-13-19-14-29-33(16-19)20-9-11-31(12-10-20)15-18-3-1-4-18/h2,5-6,14,16,18,20,24,28H,1,3-4,7-13,15,17H2,(H,30,34,35). The first kappa shape index (κ1) is 23.2. The Labute approximate surface area is 211 Å². The minimum absolute atomic E-state index is 0.153. The SMILES string of the molecule is O=C1CCC(N2Cc3c(NCc4cnn(C5CCN(CC6CCC6)CC5)c4)cccc3C2=O)C(=O)N1. The molecule has 2 saturated heterocycles. The topological polar surface area (TPSA) is 99.6 Å². The van der Waals surface area contributed by atoms with E-state index < -0.39 is 6.04 Å². The molecule has 6 rings (SSSR count). The highest BCUT2D eigenvalue weighted by Gasteiger charge is 2.39. The van der Waals surface area contributed by atoms with Crippen molar-refractivity contribution in [1.29, 1.82) is 0 Å². The van der Waals surface area contributed by atoms with Crippen molar-refractivity contribution < 1.29 is 14.4 Å². The van der Waals surface area contributed by atoms with E-state index >= 15 is 0 Å². The highest BCUT2D eigenvalue weighted by Crippen LogP contribution is 2.33. The molecule has 0 bridgehead atoms. The Morgan fingerprint density at radius 1 is 1.06 bits per heavy atom. The van der Waals surface area contributed by atoms with Gasteiger partial charge in [0.1, 0.15) is 6.04 Å². The van der Waals surface area contributed by atoms with Gasteiger partial charge in [-0.2, -0.15) is 5.10 Å². The predicted molar refractivity (Wildman–Crippen MR) is 134 cm³/mol. The van der Waals surface area contributed by atoms with Crippen molar-refractivity contribution >= 4 is 23.4 Å². The smallest absolute Gasteiger partial charge is 0.255 e. The van der Waals surface area contributed by atoms with Crippen molar-refractivity contribution in [2.24, 2.45) is 5.92 Å². The van der Waals surface area contributed by atoms with Crippen LogP contribution in [0.1, 0.15) is 72.5 Å². The van der Waals surface area contributed by atoms with E-state index in [1.807, 2.05) is 24.4 Å². The lowest BCUT2D eigenvalue weighted by Crippen LogP contribution is -2.52. The Morgan fingerprint density at radius 3 is 2.64 bits per heavy atom. The van der Waals surface area contributed by atoms with Crippen LogP contribution in [-0.2, 0) is 22.7 Å². The van der Waals surface area contributed by atoms with E-state index in [0.717, 1.165) is 48.7 Å². The monoisotopic (exact) mass is 490 g/mol. The van der Waals surface area contributed by atoms with E-state index in [2.05, 4.69) is 31.5 Å². The second-order valence-electron chi connectivity index (χ2n) is 10.7. The van der Waals surface area contributed by atoms with Gasteiger partial charge in [0, 0.05) is 67.7 Å². The van der Waals surface area contributed by atoms with Gasteiger partial charge in [0.2, 0.25) is 11.8 Å². The summed E-state index contributed by atoms with van der Waals surface area (Å²) in [5.41, 5.74) is 3.52. The van der Waals surface area contributed by atoms with Crippen molar-refractivity contribution in [2.75, 3.05) is 25.0 Å². The first-order valence-electron chi connectivity index (χ1n) is 13.3. The van der Waals surface area contributed by atoms with Crippen LogP contribution in [0.3, 0.4) is 0 Å². The molecule has 1 unspecified atom stereocenters. The van der Waals surface area contributed by atoms with E-state index in [4.69, 9.17) is 0 Å². The normalized spacial score (nSPS) is 23.5. The molecule has 9 heteroatoms. The first-order chi connectivity index (χ1) is 17.5. The number of nitrogens with one attached hydrogen (secondary N) is 2. The lowest BCUT2D eigenvalue weighted by molar-refractivity contribution is -0.136. The number of amides is 3. The van der Waals surface area contributed by atoms with Gasteiger partial charge in [-0.05, 0) is 50.2 Å².